The second-order valence-electron chi connectivity index (χ2n) is 8.02. The summed E-state index contributed by atoms with van der Waals surface area (Å²) in [6, 6.07) is 23.8. The van der Waals surface area contributed by atoms with Crippen LogP contribution in [0.4, 0.5) is 17.1 Å². The molecule has 6 heteroatoms. The fourth-order valence-electron chi connectivity index (χ4n) is 4.23. The normalized spacial score (nSPS) is 16.0. The third-order valence-corrected chi connectivity index (χ3v) is 6.32. The lowest BCUT2D eigenvalue weighted by molar-refractivity contribution is -0.117. The third-order valence-electron chi connectivity index (χ3n) is 5.99. The Hall–Kier alpha value is -3.41. The summed E-state index contributed by atoms with van der Waals surface area (Å²) in [5.41, 5.74) is 11.4. The van der Waals surface area contributed by atoms with Crippen molar-refractivity contribution in [2.24, 2.45) is 5.73 Å². The molecule has 3 aromatic carbocycles. The van der Waals surface area contributed by atoms with Gasteiger partial charge in [0.1, 0.15) is 0 Å². The van der Waals surface area contributed by atoms with E-state index in [1.165, 1.54) is 0 Å². The zero-order chi connectivity index (χ0) is 22.1. The molecule has 2 heterocycles. The van der Waals surface area contributed by atoms with Crippen LogP contribution < -0.4 is 16.0 Å². The number of amides is 1. The molecular formula is C26H23ClN4O. The number of carbonyl (C=O) groups excluding carboxylic acids is 1. The van der Waals surface area contributed by atoms with Gasteiger partial charge in [0.2, 0.25) is 5.91 Å². The summed E-state index contributed by atoms with van der Waals surface area (Å²) in [7, 11) is 0. The van der Waals surface area contributed by atoms with Crippen LogP contribution in [0.1, 0.15) is 23.5 Å². The number of para-hydroxylation sites is 1. The van der Waals surface area contributed by atoms with E-state index in [-0.39, 0.29) is 11.8 Å². The number of nitrogens with one attached hydrogen (secondary N) is 1. The average Bonchev–Trinajstić information content (AvgIpc) is 3.22. The first-order valence-electron chi connectivity index (χ1n) is 10.6. The van der Waals surface area contributed by atoms with E-state index in [1.807, 2.05) is 71.6 Å². The van der Waals surface area contributed by atoms with E-state index in [9.17, 15) is 4.79 Å². The zero-order valence-corrected chi connectivity index (χ0v) is 18.2. The number of anilines is 3. The summed E-state index contributed by atoms with van der Waals surface area (Å²) in [4.78, 5) is 19.0. The molecule has 0 unspecified atom stereocenters. The van der Waals surface area contributed by atoms with Crippen molar-refractivity contribution in [1.29, 1.82) is 0 Å². The quantitative estimate of drug-likeness (QED) is 0.421. The standard InChI is InChI=1S/C26H23ClN4O/c27-22-10-7-18(13-25(22)30-24-11-12-29-23-4-2-1-3-21(23)24)19-14-26(32)31(16-19)20-8-5-17(15-28)6-9-20/h1-13,19H,14-16,28H2,(H,29,30)/t19-/m0/s1. The number of nitrogens with zero attached hydrogens (tertiary/aromatic N) is 2. The van der Waals surface area contributed by atoms with E-state index in [1.54, 1.807) is 6.20 Å². The molecule has 0 radical (unpaired) electrons. The van der Waals surface area contributed by atoms with Gasteiger partial charge in [-0.25, -0.2) is 0 Å². The molecule has 0 aliphatic carbocycles. The third kappa shape index (κ3) is 3.93. The largest absolute Gasteiger partial charge is 0.354 e. The van der Waals surface area contributed by atoms with Crippen molar-refractivity contribution in [2.45, 2.75) is 18.9 Å². The molecule has 1 aliphatic rings. The lowest BCUT2D eigenvalue weighted by Crippen LogP contribution is -2.24. The Bertz CT molecular complexity index is 1280. The van der Waals surface area contributed by atoms with E-state index in [0.29, 0.717) is 24.5 Å². The van der Waals surface area contributed by atoms with Crippen LogP contribution in [0, 0.1) is 0 Å². The summed E-state index contributed by atoms with van der Waals surface area (Å²) < 4.78 is 0. The van der Waals surface area contributed by atoms with Crippen molar-refractivity contribution in [1.82, 2.24) is 4.98 Å². The maximum Gasteiger partial charge on any atom is 0.227 e. The van der Waals surface area contributed by atoms with Crippen LogP contribution >= 0.6 is 11.6 Å². The van der Waals surface area contributed by atoms with Gasteiger partial charge >= 0.3 is 0 Å². The Labute approximate surface area is 191 Å². The van der Waals surface area contributed by atoms with Gasteiger partial charge in [-0.05, 0) is 47.5 Å². The molecule has 1 atom stereocenters. The van der Waals surface area contributed by atoms with E-state index >= 15 is 0 Å². The van der Waals surface area contributed by atoms with Crippen LogP contribution in [0.3, 0.4) is 0 Å². The van der Waals surface area contributed by atoms with Gasteiger partial charge in [-0.3, -0.25) is 9.78 Å². The van der Waals surface area contributed by atoms with Crippen LogP contribution in [-0.4, -0.2) is 17.4 Å². The number of carbonyl (C=O) groups is 1. The molecule has 160 valence electrons. The van der Waals surface area contributed by atoms with Crippen molar-refractivity contribution in [3.63, 3.8) is 0 Å². The minimum Gasteiger partial charge on any atom is -0.354 e. The van der Waals surface area contributed by atoms with E-state index in [2.05, 4.69) is 16.4 Å². The van der Waals surface area contributed by atoms with Gasteiger partial charge in [0.15, 0.2) is 0 Å². The van der Waals surface area contributed by atoms with Crippen LogP contribution in [-0.2, 0) is 11.3 Å². The van der Waals surface area contributed by atoms with Crippen molar-refractivity contribution in [3.8, 4) is 0 Å². The highest BCUT2D eigenvalue weighted by atomic mass is 35.5. The highest BCUT2D eigenvalue weighted by molar-refractivity contribution is 6.33. The van der Waals surface area contributed by atoms with Crippen molar-refractivity contribution in [3.05, 3.63) is 95.1 Å². The SMILES string of the molecule is NCc1ccc(N2C[C@@H](c3ccc(Cl)c(Nc4ccnc5ccccc45)c3)CC2=O)cc1. The first-order valence-corrected chi connectivity index (χ1v) is 11.0. The second kappa shape index (κ2) is 8.61. The fraction of sp³-hybridized carbons (Fsp3) is 0.154. The Morgan fingerprint density at radius 3 is 2.66 bits per heavy atom. The molecular weight excluding hydrogens is 420 g/mol. The first-order chi connectivity index (χ1) is 15.6. The summed E-state index contributed by atoms with van der Waals surface area (Å²) in [5.74, 6) is 0.226. The molecule has 3 N–H and O–H groups in total. The molecule has 1 saturated heterocycles. The maximum atomic E-state index is 12.8. The molecule has 1 amide bonds. The van der Waals surface area contributed by atoms with Crippen LogP contribution in [0.25, 0.3) is 10.9 Å². The number of nitrogens with two attached hydrogens (primary N) is 1. The molecule has 32 heavy (non-hydrogen) atoms. The van der Waals surface area contributed by atoms with Gasteiger partial charge in [-0.1, -0.05) is 48.0 Å². The minimum absolute atomic E-state index is 0.101. The van der Waals surface area contributed by atoms with E-state index in [0.717, 1.165) is 39.1 Å². The molecule has 0 saturated carbocycles. The van der Waals surface area contributed by atoms with Gasteiger partial charge in [-0.15, -0.1) is 0 Å². The van der Waals surface area contributed by atoms with Crippen molar-refractivity contribution < 1.29 is 4.79 Å². The molecule has 1 aromatic heterocycles. The topological polar surface area (TPSA) is 71.2 Å². The lowest BCUT2D eigenvalue weighted by atomic mass is 9.97. The predicted octanol–water partition coefficient (Wildman–Crippen LogP) is 5.61. The Morgan fingerprint density at radius 1 is 1.03 bits per heavy atom. The van der Waals surface area contributed by atoms with Gasteiger partial charge in [0.25, 0.3) is 0 Å². The lowest BCUT2D eigenvalue weighted by Gasteiger charge is -2.18. The summed E-state index contributed by atoms with van der Waals surface area (Å²) in [6.45, 7) is 1.13. The number of fused-ring (bicyclic) bond motifs is 1. The molecule has 4 aromatic rings. The predicted molar refractivity (Wildman–Crippen MR) is 131 cm³/mol. The number of pyridine rings is 1. The van der Waals surface area contributed by atoms with Crippen LogP contribution in [0.15, 0.2) is 79.0 Å². The molecule has 5 nitrogen and oxygen atoms in total. The maximum absolute atomic E-state index is 12.8. The second-order valence-corrected chi connectivity index (χ2v) is 8.42. The molecule has 1 aliphatic heterocycles. The number of halogens is 1. The highest BCUT2D eigenvalue weighted by Gasteiger charge is 2.31. The average molecular weight is 443 g/mol. The van der Waals surface area contributed by atoms with Gasteiger partial charge in [0, 0.05) is 48.4 Å². The summed E-state index contributed by atoms with van der Waals surface area (Å²) >= 11 is 6.52. The molecule has 5 rings (SSSR count). The summed E-state index contributed by atoms with van der Waals surface area (Å²) in [5, 5.41) is 5.12. The number of aromatic nitrogens is 1. The zero-order valence-electron chi connectivity index (χ0n) is 17.5. The van der Waals surface area contributed by atoms with E-state index < -0.39 is 0 Å². The Morgan fingerprint density at radius 2 is 1.84 bits per heavy atom. The summed E-state index contributed by atoms with van der Waals surface area (Å²) in [6.07, 6.45) is 2.25. The number of benzene rings is 3. The first kappa shape index (κ1) is 20.5. The minimum atomic E-state index is 0.101. The van der Waals surface area contributed by atoms with E-state index in [4.69, 9.17) is 17.3 Å². The number of hydrogen-bond donors (Lipinski definition) is 2. The fourth-order valence-corrected chi connectivity index (χ4v) is 4.40. The van der Waals surface area contributed by atoms with Crippen LogP contribution in [0.5, 0.6) is 0 Å². The van der Waals surface area contributed by atoms with Crippen molar-refractivity contribution in [2.75, 3.05) is 16.8 Å². The Balaban J connectivity index is 1.40. The monoisotopic (exact) mass is 442 g/mol. The molecule has 0 bridgehead atoms. The highest BCUT2D eigenvalue weighted by Crippen LogP contribution is 2.36. The molecule has 1 fully saturated rings. The number of hydrogen-bond acceptors (Lipinski definition) is 4. The number of rotatable bonds is 5. The van der Waals surface area contributed by atoms with Gasteiger partial charge in [0.05, 0.1) is 16.2 Å². The van der Waals surface area contributed by atoms with Gasteiger partial charge < -0.3 is 16.0 Å². The smallest absolute Gasteiger partial charge is 0.227 e. The Kier molecular flexibility index (Phi) is 5.52. The van der Waals surface area contributed by atoms with Crippen molar-refractivity contribution >= 4 is 45.5 Å². The van der Waals surface area contributed by atoms with Gasteiger partial charge in [-0.2, -0.15) is 0 Å². The van der Waals surface area contributed by atoms with Crippen LogP contribution in [0.2, 0.25) is 5.02 Å². The molecule has 0 spiro atoms.